The van der Waals surface area contributed by atoms with Crippen LogP contribution in [0, 0.1) is 0 Å². The van der Waals surface area contributed by atoms with Crippen molar-refractivity contribution in [2.45, 2.75) is 24.7 Å². The van der Waals surface area contributed by atoms with Gasteiger partial charge in [-0.25, -0.2) is 14.4 Å². The van der Waals surface area contributed by atoms with E-state index in [1.54, 1.807) is 0 Å². The second-order valence-corrected chi connectivity index (χ2v) is 7.28. The maximum Gasteiger partial charge on any atom is 0.338 e. The Bertz CT molecular complexity index is 1140. The molecule has 1 aliphatic carbocycles. The van der Waals surface area contributed by atoms with Gasteiger partial charge >= 0.3 is 17.9 Å². The molecule has 0 aliphatic heterocycles. The molecule has 3 atom stereocenters. The minimum absolute atomic E-state index is 0.0107. The quantitative estimate of drug-likeness (QED) is 0.430. The standard InChI is InChI=1S/C23H22O11/c1-31-16-7-11(3-5-14(16)24)22(29)33-18-9-13(21(27)28)10-19(20(18)26)34-23(30)12-4-6-15(25)17(8-12)32-2/h3-9,18-20,24-26H,10H2,1-2H3,(H,27,28)/t18-,19-,20-/m1/s1. The van der Waals surface area contributed by atoms with E-state index >= 15 is 0 Å². The monoisotopic (exact) mass is 474 g/mol. The molecule has 11 heteroatoms. The highest BCUT2D eigenvalue weighted by molar-refractivity contribution is 5.92. The molecule has 0 unspecified atom stereocenters. The molecule has 0 fully saturated rings. The number of benzene rings is 2. The van der Waals surface area contributed by atoms with Gasteiger partial charge in [0.25, 0.3) is 0 Å². The second kappa shape index (κ2) is 10.1. The van der Waals surface area contributed by atoms with Crippen molar-refractivity contribution in [3.63, 3.8) is 0 Å². The van der Waals surface area contributed by atoms with Gasteiger partial charge in [0.05, 0.1) is 25.3 Å². The summed E-state index contributed by atoms with van der Waals surface area (Å²) in [6.07, 6.45) is -3.64. The predicted molar refractivity (Wildman–Crippen MR) is 114 cm³/mol. The summed E-state index contributed by atoms with van der Waals surface area (Å²) in [6.45, 7) is 0. The number of carbonyl (C=O) groups excluding carboxylic acids is 2. The Kier molecular flexibility index (Phi) is 7.27. The van der Waals surface area contributed by atoms with Gasteiger partial charge in [-0.15, -0.1) is 0 Å². The zero-order chi connectivity index (χ0) is 25.0. The number of hydrogen-bond acceptors (Lipinski definition) is 10. The van der Waals surface area contributed by atoms with Crippen molar-refractivity contribution >= 4 is 17.9 Å². The van der Waals surface area contributed by atoms with Gasteiger partial charge in [0.15, 0.2) is 29.1 Å². The summed E-state index contributed by atoms with van der Waals surface area (Å²) in [5.41, 5.74) is -0.270. The summed E-state index contributed by atoms with van der Waals surface area (Å²) in [6, 6.07) is 7.38. The normalized spacial score (nSPS) is 19.5. The third-order valence-corrected chi connectivity index (χ3v) is 5.11. The average molecular weight is 474 g/mol. The fraction of sp³-hybridized carbons (Fsp3) is 0.261. The van der Waals surface area contributed by atoms with Crippen LogP contribution in [0.1, 0.15) is 27.1 Å². The number of methoxy groups -OCH3 is 2. The number of phenols is 2. The summed E-state index contributed by atoms with van der Waals surface area (Å²) in [7, 11) is 2.58. The number of phenolic OH excluding ortho intramolecular Hbond substituents is 2. The van der Waals surface area contributed by atoms with Crippen molar-refractivity contribution in [2.24, 2.45) is 0 Å². The Labute approximate surface area is 193 Å². The lowest BCUT2D eigenvalue weighted by molar-refractivity contribution is -0.134. The van der Waals surface area contributed by atoms with Crippen molar-refractivity contribution in [1.29, 1.82) is 0 Å². The first-order valence-electron chi connectivity index (χ1n) is 9.92. The first kappa shape index (κ1) is 24.4. The maximum atomic E-state index is 12.6. The van der Waals surface area contributed by atoms with Crippen LogP contribution in [0.5, 0.6) is 23.0 Å². The van der Waals surface area contributed by atoms with E-state index in [9.17, 15) is 34.8 Å². The van der Waals surface area contributed by atoms with Crippen molar-refractivity contribution in [3.05, 3.63) is 59.2 Å². The highest BCUT2D eigenvalue weighted by atomic mass is 16.6. The van der Waals surface area contributed by atoms with E-state index in [1.165, 1.54) is 50.6 Å². The molecule has 0 saturated carbocycles. The number of carboxylic acids is 1. The number of aliphatic hydroxyl groups excluding tert-OH is 1. The molecular formula is C23H22O11. The average Bonchev–Trinajstić information content (AvgIpc) is 2.81. The molecule has 180 valence electrons. The number of aliphatic carboxylic acids is 1. The molecule has 0 heterocycles. The molecule has 0 spiro atoms. The zero-order valence-electron chi connectivity index (χ0n) is 18.1. The van der Waals surface area contributed by atoms with E-state index in [2.05, 4.69) is 0 Å². The maximum absolute atomic E-state index is 12.6. The molecule has 0 bridgehead atoms. The molecule has 11 nitrogen and oxygen atoms in total. The van der Waals surface area contributed by atoms with Crippen LogP contribution >= 0.6 is 0 Å². The van der Waals surface area contributed by atoms with Gasteiger partial charge in [0.2, 0.25) is 0 Å². The van der Waals surface area contributed by atoms with Crippen molar-refractivity contribution in [2.75, 3.05) is 14.2 Å². The highest BCUT2D eigenvalue weighted by Crippen LogP contribution is 2.30. The van der Waals surface area contributed by atoms with Crippen molar-refractivity contribution < 1.29 is 53.8 Å². The van der Waals surface area contributed by atoms with Crippen LogP contribution in [0.25, 0.3) is 0 Å². The summed E-state index contributed by atoms with van der Waals surface area (Å²) < 4.78 is 20.5. The van der Waals surface area contributed by atoms with Crippen LogP contribution in [0.2, 0.25) is 0 Å². The number of rotatable bonds is 7. The molecule has 0 amide bonds. The Morgan fingerprint density at radius 3 is 1.82 bits per heavy atom. The first-order valence-corrected chi connectivity index (χ1v) is 9.92. The van der Waals surface area contributed by atoms with E-state index in [-0.39, 0.29) is 46.1 Å². The SMILES string of the molecule is COc1cc(C(=O)O[C@@H]2C=C(C(=O)O)C[C@@H](OC(=O)c3ccc(O)c(OC)c3)[C@@H]2O)ccc1O. The van der Waals surface area contributed by atoms with Gasteiger partial charge in [-0.05, 0) is 42.5 Å². The molecule has 4 N–H and O–H groups in total. The molecule has 0 saturated heterocycles. The summed E-state index contributed by atoms with van der Waals surface area (Å²) in [5.74, 6) is -3.57. The molecule has 0 radical (unpaired) electrons. The number of aromatic hydroxyl groups is 2. The van der Waals surface area contributed by atoms with Crippen molar-refractivity contribution in [1.82, 2.24) is 0 Å². The third-order valence-electron chi connectivity index (χ3n) is 5.11. The van der Waals surface area contributed by atoms with E-state index in [0.29, 0.717) is 0 Å². The molecule has 2 aromatic carbocycles. The Balaban J connectivity index is 1.81. The van der Waals surface area contributed by atoms with Gasteiger partial charge in [0.1, 0.15) is 12.2 Å². The van der Waals surface area contributed by atoms with Crippen LogP contribution in [0.4, 0.5) is 0 Å². The van der Waals surface area contributed by atoms with Crippen molar-refractivity contribution in [3.8, 4) is 23.0 Å². The minimum Gasteiger partial charge on any atom is -0.504 e. The third kappa shape index (κ3) is 5.21. The lowest BCUT2D eigenvalue weighted by Gasteiger charge is -2.32. The van der Waals surface area contributed by atoms with Crippen LogP contribution < -0.4 is 9.47 Å². The van der Waals surface area contributed by atoms with Gasteiger partial charge in [-0.3, -0.25) is 0 Å². The van der Waals surface area contributed by atoms with Gasteiger partial charge < -0.3 is 39.4 Å². The van der Waals surface area contributed by atoms with E-state index in [1.807, 2.05) is 0 Å². The Morgan fingerprint density at radius 1 is 0.853 bits per heavy atom. The Hall–Kier alpha value is -4.25. The van der Waals surface area contributed by atoms with E-state index in [0.717, 1.165) is 6.08 Å². The number of ether oxygens (including phenoxy) is 4. The van der Waals surface area contributed by atoms with Crippen LogP contribution in [0.3, 0.4) is 0 Å². The summed E-state index contributed by atoms with van der Waals surface area (Å²) in [5, 5.41) is 39.5. The van der Waals surface area contributed by atoms with Crippen LogP contribution in [0.15, 0.2) is 48.0 Å². The van der Waals surface area contributed by atoms with Gasteiger partial charge in [-0.1, -0.05) is 0 Å². The van der Waals surface area contributed by atoms with Crippen LogP contribution in [-0.4, -0.2) is 70.9 Å². The predicted octanol–water partition coefficient (Wildman–Crippen LogP) is 1.64. The second-order valence-electron chi connectivity index (χ2n) is 7.28. The zero-order valence-corrected chi connectivity index (χ0v) is 18.1. The molecule has 2 aromatic rings. The highest BCUT2D eigenvalue weighted by Gasteiger charge is 2.39. The summed E-state index contributed by atoms with van der Waals surface area (Å²) >= 11 is 0. The number of carbonyl (C=O) groups is 3. The molecular weight excluding hydrogens is 452 g/mol. The fourth-order valence-electron chi connectivity index (χ4n) is 3.29. The molecule has 3 rings (SSSR count). The van der Waals surface area contributed by atoms with Crippen LogP contribution in [-0.2, 0) is 14.3 Å². The number of carboxylic acid groups (broad SMARTS) is 1. The first-order chi connectivity index (χ1) is 16.1. The lowest BCUT2D eigenvalue weighted by Crippen LogP contribution is -2.45. The molecule has 0 aromatic heterocycles. The number of hydrogen-bond donors (Lipinski definition) is 4. The fourth-order valence-corrected chi connectivity index (χ4v) is 3.29. The minimum atomic E-state index is -1.57. The number of aliphatic hydroxyl groups is 1. The lowest BCUT2D eigenvalue weighted by atomic mass is 9.91. The van der Waals surface area contributed by atoms with Gasteiger partial charge in [-0.2, -0.15) is 0 Å². The molecule has 1 aliphatic rings. The topological polar surface area (TPSA) is 169 Å². The van der Waals surface area contributed by atoms with E-state index in [4.69, 9.17) is 18.9 Å². The molecule has 34 heavy (non-hydrogen) atoms. The van der Waals surface area contributed by atoms with E-state index < -0.39 is 36.2 Å². The smallest absolute Gasteiger partial charge is 0.338 e. The summed E-state index contributed by atoms with van der Waals surface area (Å²) in [4.78, 5) is 36.7. The number of esters is 2. The Morgan fingerprint density at radius 2 is 1.35 bits per heavy atom. The van der Waals surface area contributed by atoms with Gasteiger partial charge in [0, 0.05) is 12.0 Å². The largest absolute Gasteiger partial charge is 0.504 e.